The normalized spacial score (nSPS) is 12.3. The molecule has 1 heterocycles. The average molecular weight is 285 g/mol. The van der Waals surface area contributed by atoms with Crippen molar-refractivity contribution < 1.29 is 5.11 Å². The average Bonchev–Trinajstić information content (AvgIpc) is 2.52. The van der Waals surface area contributed by atoms with Crippen molar-refractivity contribution in [3.05, 3.63) is 70.1 Å². The Morgan fingerprint density at radius 3 is 2.52 bits per heavy atom. The molecule has 0 saturated carbocycles. The summed E-state index contributed by atoms with van der Waals surface area (Å²) in [7, 11) is 0. The number of aromatic nitrogens is 1. The third-order valence-electron chi connectivity index (χ3n) is 3.75. The summed E-state index contributed by atoms with van der Waals surface area (Å²) in [4.78, 5) is 12.0. The minimum absolute atomic E-state index is 0.00863. The number of nitrogens with zero attached hydrogens (tertiary/aromatic N) is 1. The van der Waals surface area contributed by atoms with Crippen molar-refractivity contribution in [2.24, 2.45) is 0 Å². The molecule has 1 aromatic heterocycles. The Balaban J connectivity index is 2.22. The second kappa shape index (κ2) is 7.79. The van der Waals surface area contributed by atoms with E-state index >= 15 is 0 Å². The summed E-state index contributed by atoms with van der Waals surface area (Å²) in [5.41, 5.74) is 2.27. The van der Waals surface area contributed by atoms with E-state index in [4.69, 9.17) is 0 Å². The van der Waals surface area contributed by atoms with Crippen molar-refractivity contribution >= 4 is 0 Å². The molecule has 1 aromatic carbocycles. The summed E-state index contributed by atoms with van der Waals surface area (Å²) >= 11 is 0. The van der Waals surface area contributed by atoms with Crippen molar-refractivity contribution in [3.63, 3.8) is 0 Å². The number of rotatable bonds is 7. The number of unbranched alkanes of at least 4 members (excludes halogenated alkanes) is 1. The highest BCUT2D eigenvalue weighted by molar-refractivity contribution is 5.24. The van der Waals surface area contributed by atoms with Crippen molar-refractivity contribution in [2.75, 3.05) is 6.61 Å². The van der Waals surface area contributed by atoms with Crippen molar-refractivity contribution in [1.82, 2.24) is 4.57 Å². The molecule has 0 saturated heterocycles. The van der Waals surface area contributed by atoms with Crippen LogP contribution in [0.15, 0.2) is 53.5 Å². The summed E-state index contributed by atoms with van der Waals surface area (Å²) < 4.78 is 1.69. The van der Waals surface area contributed by atoms with Gasteiger partial charge in [0, 0.05) is 12.3 Å². The molecule has 0 fully saturated rings. The maximum absolute atomic E-state index is 12.0. The molecule has 0 aliphatic carbocycles. The number of hydrogen-bond acceptors (Lipinski definition) is 2. The van der Waals surface area contributed by atoms with Gasteiger partial charge >= 0.3 is 0 Å². The van der Waals surface area contributed by atoms with Crippen LogP contribution in [0.4, 0.5) is 0 Å². The molecule has 2 rings (SSSR count). The van der Waals surface area contributed by atoms with E-state index < -0.39 is 0 Å². The summed E-state index contributed by atoms with van der Waals surface area (Å²) in [6, 6.07) is 13.6. The SMILES string of the molecule is CCCCC(CO)n1cc(Cc2ccccc2)ccc1=O. The fourth-order valence-corrected chi connectivity index (χ4v) is 2.53. The van der Waals surface area contributed by atoms with Gasteiger partial charge in [0.25, 0.3) is 5.56 Å². The Morgan fingerprint density at radius 1 is 1.10 bits per heavy atom. The Morgan fingerprint density at radius 2 is 1.86 bits per heavy atom. The molecular weight excluding hydrogens is 262 g/mol. The molecule has 1 N–H and O–H groups in total. The lowest BCUT2D eigenvalue weighted by atomic mass is 10.1. The zero-order valence-electron chi connectivity index (χ0n) is 12.5. The van der Waals surface area contributed by atoms with Crippen LogP contribution < -0.4 is 5.56 Å². The van der Waals surface area contributed by atoms with Crippen LogP contribution in [0, 0.1) is 0 Å². The van der Waals surface area contributed by atoms with E-state index in [0.717, 1.165) is 31.2 Å². The third-order valence-corrected chi connectivity index (χ3v) is 3.75. The first-order valence-corrected chi connectivity index (χ1v) is 7.60. The summed E-state index contributed by atoms with van der Waals surface area (Å²) in [6.07, 6.45) is 5.61. The van der Waals surface area contributed by atoms with E-state index in [0.29, 0.717) is 0 Å². The molecule has 3 heteroatoms. The highest BCUT2D eigenvalue weighted by Crippen LogP contribution is 2.15. The van der Waals surface area contributed by atoms with E-state index in [9.17, 15) is 9.90 Å². The second-order valence-electron chi connectivity index (χ2n) is 5.42. The Kier molecular flexibility index (Phi) is 5.76. The fourth-order valence-electron chi connectivity index (χ4n) is 2.53. The minimum Gasteiger partial charge on any atom is -0.394 e. The summed E-state index contributed by atoms with van der Waals surface area (Å²) in [6.45, 7) is 2.12. The van der Waals surface area contributed by atoms with Gasteiger partial charge < -0.3 is 9.67 Å². The molecule has 112 valence electrons. The van der Waals surface area contributed by atoms with Gasteiger partial charge in [-0.25, -0.2) is 0 Å². The lowest BCUT2D eigenvalue weighted by Gasteiger charge is -2.18. The Bertz CT molecular complexity index is 604. The standard InChI is InChI=1S/C18H23NO2/c1-2-3-9-17(14-20)19-13-16(10-11-18(19)21)12-15-7-5-4-6-8-15/h4-8,10-11,13,17,20H,2-3,9,12,14H2,1H3. The van der Waals surface area contributed by atoms with Gasteiger partial charge in [-0.2, -0.15) is 0 Å². The van der Waals surface area contributed by atoms with Crippen LogP contribution >= 0.6 is 0 Å². The van der Waals surface area contributed by atoms with Crippen molar-refractivity contribution in [3.8, 4) is 0 Å². The Hall–Kier alpha value is -1.87. The molecule has 1 atom stereocenters. The number of aliphatic hydroxyl groups is 1. The van der Waals surface area contributed by atoms with Crippen LogP contribution in [0.1, 0.15) is 43.4 Å². The van der Waals surface area contributed by atoms with Gasteiger partial charge in [0.1, 0.15) is 0 Å². The summed E-state index contributed by atoms with van der Waals surface area (Å²) in [5, 5.41) is 9.55. The van der Waals surface area contributed by atoms with Crippen molar-refractivity contribution in [2.45, 2.75) is 38.6 Å². The predicted molar refractivity (Wildman–Crippen MR) is 85.6 cm³/mol. The molecule has 2 aromatic rings. The molecule has 1 unspecified atom stereocenters. The molecule has 21 heavy (non-hydrogen) atoms. The van der Waals surface area contributed by atoms with Crippen LogP contribution in [0.3, 0.4) is 0 Å². The maximum atomic E-state index is 12.0. The molecule has 0 aliphatic rings. The summed E-state index contributed by atoms with van der Waals surface area (Å²) in [5.74, 6) is 0. The number of pyridine rings is 1. The monoisotopic (exact) mass is 285 g/mol. The smallest absolute Gasteiger partial charge is 0.250 e. The lowest BCUT2D eigenvalue weighted by Crippen LogP contribution is -2.26. The quantitative estimate of drug-likeness (QED) is 0.849. The van der Waals surface area contributed by atoms with E-state index in [-0.39, 0.29) is 18.2 Å². The fraction of sp³-hybridized carbons (Fsp3) is 0.389. The third kappa shape index (κ3) is 4.30. The Labute approximate surface area is 125 Å². The van der Waals surface area contributed by atoms with E-state index in [1.165, 1.54) is 5.56 Å². The first-order chi connectivity index (χ1) is 10.2. The van der Waals surface area contributed by atoms with Crippen molar-refractivity contribution in [1.29, 1.82) is 0 Å². The van der Waals surface area contributed by atoms with Crippen LogP contribution in [-0.4, -0.2) is 16.3 Å². The highest BCUT2D eigenvalue weighted by atomic mass is 16.3. The van der Waals surface area contributed by atoms with Gasteiger partial charge in [-0.15, -0.1) is 0 Å². The zero-order chi connectivity index (χ0) is 15.1. The van der Waals surface area contributed by atoms with Gasteiger partial charge in [-0.05, 0) is 24.0 Å². The zero-order valence-corrected chi connectivity index (χ0v) is 12.5. The van der Waals surface area contributed by atoms with E-state index in [2.05, 4.69) is 19.1 Å². The molecule has 3 nitrogen and oxygen atoms in total. The number of hydrogen-bond donors (Lipinski definition) is 1. The van der Waals surface area contributed by atoms with Crippen LogP contribution in [0.5, 0.6) is 0 Å². The van der Waals surface area contributed by atoms with E-state index in [1.54, 1.807) is 10.6 Å². The predicted octanol–water partition coefficient (Wildman–Crippen LogP) is 3.16. The second-order valence-corrected chi connectivity index (χ2v) is 5.42. The topological polar surface area (TPSA) is 42.2 Å². The maximum Gasteiger partial charge on any atom is 0.250 e. The first kappa shape index (κ1) is 15.5. The number of aliphatic hydroxyl groups excluding tert-OH is 1. The van der Waals surface area contributed by atoms with Gasteiger partial charge in [0.05, 0.1) is 12.6 Å². The van der Waals surface area contributed by atoms with E-state index in [1.807, 2.05) is 30.5 Å². The molecule has 0 radical (unpaired) electrons. The minimum atomic E-state index is -0.117. The molecular formula is C18H23NO2. The lowest BCUT2D eigenvalue weighted by molar-refractivity contribution is 0.215. The van der Waals surface area contributed by atoms with Crippen LogP contribution in [0.25, 0.3) is 0 Å². The largest absolute Gasteiger partial charge is 0.394 e. The molecule has 0 spiro atoms. The molecule has 0 aliphatic heterocycles. The molecule has 0 bridgehead atoms. The van der Waals surface area contributed by atoms with Gasteiger partial charge in [-0.1, -0.05) is 56.2 Å². The van der Waals surface area contributed by atoms with Gasteiger partial charge in [-0.3, -0.25) is 4.79 Å². The van der Waals surface area contributed by atoms with Gasteiger partial charge in [0.2, 0.25) is 0 Å². The van der Waals surface area contributed by atoms with Gasteiger partial charge in [0.15, 0.2) is 0 Å². The highest BCUT2D eigenvalue weighted by Gasteiger charge is 2.11. The van der Waals surface area contributed by atoms with Crippen LogP contribution in [0.2, 0.25) is 0 Å². The number of benzene rings is 1. The molecule has 0 amide bonds. The first-order valence-electron chi connectivity index (χ1n) is 7.60. The van der Waals surface area contributed by atoms with Crippen LogP contribution in [-0.2, 0) is 6.42 Å².